The van der Waals surface area contributed by atoms with Crippen LogP contribution in [0.3, 0.4) is 0 Å². The van der Waals surface area contributed by atoms with E-state index in [2.05, 4.69) is 38.0 Å². The number of aliphatic imine (C=N–C) groups is 1. The molecule has 25 heavy (non-hydrogen) atoms. The van der Waals surface area contributed by atoms with E-state index < -0.39 is 0 Å². The molecule has 0 saturated carbocycles. The second-order valence-electron chi connectivity index (χ2n) is 5.37. The number of benzene rings is 1. The summed E-state index contributed by atoms with van der Waals surface area (Å²) in [5, 5.41) is 14.1. The predicted octanol–water partition coefficient (Wildman–Crippen LogP) is 2.06. The van der Waals surface area contributed by atoms with E-state index >= 15 is 0 Å². The Balaban J connectivity index is 0.00000312. The number of nitrogens with one attached hydrogen (secondary N) is 2. The number of ether oxygens (including phenoxy) is 1. The van der Waals surface area contributed by atoms with Crippen LogP contribution in [0.1, 0.15) is 18.4 Å². The minimum atomic E-state index is 0. The van der Waals surface area contributed by atoms with Crippen LogP contribution >= 0.6 is 24.0 Å². The van der Waals surface area contributed by atoms with Gasteiger partial charge in [0.15, 0.2) is 5.96 Å². The lowest BCUT2D eigenvalue weighted by molar-refractivity contribution is 0.125. The fraction of sp³-hybridized carbons (Fsp3) is 0.471. The highest BCUT2D eigenvalue weighted by molar-refractivity contribution is 14.0. The molecule has 1 aromatic carbocycles. The highest BCUT2D eigenvalue weighted by Gasteiger charge is 1.98. The van der Waals surface area contributed by atoms with Gasteiger partial charge in [-0.15, -0.1) is 34.2 Å². The highest BCUT2D eigenvalue weighted by atomic mass is 127. The number of aryl methyl sites for hydroxylation is 1. The van der Waals surface area contributed by atoms with E-state index in [9.17, 15) is 0 Å². The minimum Gasteiger partial charge on any atom is -0.375 e. The molecule has 0 bridgehead atoms. The number of aromatic nitrogens is 3. The lowest BCUT2D eigenvalue weighted by atomic mass is 10.2. The van der Waals surface area contributed by atoms with Gasteiger partial charge in [-0.1, -0.05) is 30.3 Å². The summed E-state index contributed by atoms with van der Waals surface area (Å²) in [6.45, 7) is 3.83. The molecule has 7 nitrogen and oxygen atoms in total. The maximum absolute atomic E-state index is 5.64. The van der Waals surface area contributed by atoms with Crippen LogP contribution in [0.2, 0.25) is 0 Å². The number of nitrogens with zero attached hydrogens (tertiary/aromatic N) is 4. The molecular formula is C17H27IN6O. The molecule has 0 amide bonds. The van der Waals surface area contributed by atoms with Gasteiger partial charge in [-0.2, -0.15) is 0 Å². The largest absolute Gasteiger partial charge is 0.375 e. The van der Waals surface area contributed by atoms with Gasteiger partial charge in [0, 0.05) is 26.7 Å². The lowest BCUT2D eigenvalue weighted by Crippen LogP contribution is -2.39. The Kier molecular flexibility index (Phi) is 11.6. The van der Waals surface area contributed by atoms with Gasteiger partial charge in [-0.25, -0.2) is 0 Å². The lowest BCUT2D eigenvalue weighted by Gasteiger charge is -2.12. The molecule has 2 aromatic rings. The van der Waals surface area contributed by atoms with Crippen molar-refractivity contribution in [3.05, 3.63) is 48.5 Å². The minimum absolute atomic E-state index is 0. The third-order valence-corrected chi connectivity index (χ3v) is 3.48. The van der Waals surface area contributed by atoms with Crippen LogP contribution in [-0.4, -0.2) is 47.5 Å². The third kappa shape index (κ3) is 9.40. The summed E-state index contributed by atoms with van der Waals surface area (Å²) in [5.41, 5.74) is 1.19. The van der Waals surface area contributed by atoms with E-state index in [1.54, 1.807) is 19.7 Å². The monoisotopic (exact) mass is 458 g/mol. The molecule has 0 fully saturated rings. The number of rotatable bonds is 10. The van der Waals surface area contributed by atoms with E-state index in [-0.39, 0.29) is 24.0 Å². The Morgan fingerprint density at radius 3 is 2.52 bits per heavy atom. The number of unbranched alkanes of at least 4 members (excludes halogenated alkanes) is 1. The molecule has 0 aliphatic rings. The fourth-order valence-corrected chi connectivity index (χ4v) is 2.19. The Bertz CT molecular complexity index is 576. The van der Waals surface area contributed by atoms with E-state index in [1.807, 2.05) is 22.8 Å². The normalized spacial score (nSPS) is 11.0. The van der Waals surface area contributed by atoms with Crippen molar-refractivity contribution in [2.75, 3.05) is 26.7 Å². The first-order chi connectivity index (χ1) is 11.9. The molecule has 0 atom stereocenters. The van der Waals surface area contributed by atoms with E-state index in [4.69, 9.17) is 4.74 Å². The van der Waals surface area contributed by atoms with Crippen molar-refractivity contribution in [2.24, 2.45) is 4.99 Å². The summed E-state index contributed by atoms with van der Waals surface area (Å²) in [6, 6.07) is 10.2. The van der Waals surface area contributed by atoms with Crippen molar-refractivity contribution in [3.63, 3.8) is 0 Å². The Hall–Kier alpha value is -1.68. The maximum atomic E-state index is 5.64. The molecule has 0 saturated heterocycles. The zero-order valence-electron chi connectivity index (χ0n) is 14.6. The topological polar surface area (TPSA) is 76.4 Å². The SMILES string of the molecule is CN=C(NCCCCn1cnnc1)NCCOCc1ccccc1.I. The summed E-state index contributed by atoms with van der Waals surface area (Å²) in [5.74, 6) is 0.808. The third-order valence-electron chi connectivity index (χ3n) is 3.48. The van der Waals surface area contributed by atoms with Gasteiger partial charge in [0.05, 0.1) is 13.2 Å². The van der Waals surface area contributed by atoms with Crippen molar-refractivity contribution >= 4 is 29.9 Å². The van der Waals surface area contributed by atoms with Crippen LogP contribution in [0.4, 0.5) is 0 Å². The van der Waals surface area contributed by atoms with Gasteiger partial charge < -0.3 is 19.9 Å². The van der Waals surface area contributed by atoms with Gasteiger partial charge >= 0.3 is 0 Å². The molecule has 138 valence electrons. The molecule has 0 aliphatic carbocycles. The molecular weight excluding hydrogens is 431 g/mol. The molecule has 0 spiro atoms. The number of guanidine groups is 1. The van der Waals surface area contributed by atoms with Crippen LogP contribution in [0, 0.1) is 0 Å². The quantitative estimate of drug-likeness (QED) is 0.247. The summed E-state index contributed by atoms with van der Waals surface area (Å²) in [4.78, 5) is 4.21. The first-order valence-electron chi connectivity index (χ1n) is 8.27. The van der Waals surface area contributed by atoms with Gasteiger partial charge in [0.2, 0.25) is 0 Å². The van der Waals surface area contributed by atoms with Crippen LogP contribution < -0.4 is 10.6 Å². The average molecular weight is 458 g/mol. The molecule has 8 heteroatoms. The maximum Gasteiger partial charge on any atom is 0.191 e. The first-order valence-corrected chi connectivity index (χ1v) is 8.27. The summed E-state index contributed by atoms with van der Waals surface area (Å²) < 4.78 is 7.62. The molecule has 0 aliphatic heterocycles. The average Bonchev–Trinajstić information content (AvgIpc) is 3.14. The predicted molar refractivity (Wildman–Crippen MR) is 110 cm³/mol. The smallest absolute Gasteiger partial charge is 0.191 e. The van der Waals surface area contributed by atoms with E-state index in [1.165, 1.54) is 5.56 Å². The van der Waals surface area contributed by atoms with Gasteiger partial charge in [0.1, 0.15) is 12.7 Å². The van der Waals surface area contributed by atoms with Crippen molar-refractivity contribution in [1.29, 1.82) is 0 Å². The van der Waals surface area contributed by atoms with Crippen molar-refractivity contribution in [1.82, 2.24) is 25.4 Å². The second kappa shape index (κ2) is 13.6. The zero-order valence-corrected chi connectivity index (χ0v) is 16.9. The van der Waals surface area contributed by atoms with Gasteiger partial charge in [-0.05, 0) is 18.4 Å². The number of halogens is 1. The Morgan fingerprint density at radius 1 is 1.08 bits per heavy atom. The fourth-order valence-electron chi connectivity index (χ4n) is 2.19. The van der Waals surface area contributed by atoms with E-state index in [0.29, 0.717) is 13.2 Å². The number of hydrogen-bond acceptors (Lipinski definition) is 4. The van der Waals surface area contributed by atoms with Crippen LogP contribution in [0.15, 0.2) is 48.0 Å². The summed E-state index contributed by atoms with van der Waals surface area (Å²) >= 11 is 0. The second-order valence-corrected chi connectivity index (χ2v) is 5.37. The molecule has 0 unspecified atom stereocenters. The standard InChI is InChI=1S/C17H26N6O.HI/c1-18-17(19-9-5-6-11-23-14-21-22-15-23)20-10-12-24-13-16-7-3-2-4-8-16;/h2-4,7-8,14-15H,5-6,9-13H2,1H3,(H2,18,19,20);1H. The van der Waals surface area contributed by atoms with Crippen LogP contribution in [-0.2, 0) is 17.9 Å². The molecule has 0 radical (unpaired) electrons. The molecule has 1 heterocycles. The first kappa shape index (κ1) is 21.4. The van der Waals surface area contributed by atoms with Crippen LogP contribution in [0.25, 0.3) is 0 Å². The molecule has 1 aromatic heterocycles. The molecule has 2 rings (SSSR count). The number of hydrogen-bond donors (Lipinski definition) is 2. The Morgan fingerprint density at radius 2 is 1.80 bits per heavy atom. The Labute approximate surface area is 166 Å². The molecule has 2 N–H and O–H groups in total. The van der Waals surface area contributed by atoms with Gasteiger partial charge in [-0.3, -0.25) is 4.99 Å². The van der Waals surface area contributed by atoms with Crippen molar-refractivity contribution in [3.8, 4) is 0 Å². The van der Waals surface area contributed by atoms with Crippen molar-refractivity contribution in [2.45, 2.75) is 26.0 Å². The van der Waals surface area contributed by atoms with Crippen molar-refractivity contribution < 1.29 is 4.74 Å². The van der Waals surface area contributed by atoms with Gasteiger partial charge in [0.25, 0.3) is 0 Å². The highest BCUT2D eigenvalue weighted by Crippen LogP contribution is 1.99. The zero-order chi connectivity index (χ0) is 16.9. The summed E-state index contributed by atoms with van der Waals surface area (Å²) in [6.07, 6.45) is 5.61. The van der Waals surface area contributed by atoms with Crippen LogP contribution in [0.5, 0.6) is 0 Å². The summed E-state index contributed by atoms with van der Waals surface area (Å²) in [7, 11) is 1.78. The van der Waals surface area contributed by atoms with E-state index in [0.717, 1.165) is 38.4 Å².